The summed E-state index contributed by atoms with van der Waals surface area (Å²) in [6, 6.07) is 3.17. The number of carbonyl (C=O) groups excluding carboxylic acids is 1. The van der Waals surface area contributed by atoms with Gasteiger partial charge in [0.1, 0.15) is 6.54 Å². The number of halogens is 4. The molecule has 4 nitrogen and oxygen atoms in total. The van der Waals surface area contributed by atoms with Gasteiger partial charge in [-0.25, -0.2) is 9.18 Å². The zero-order valence-electron chi connectivity index (χ0n) is 10.9. The van der Waals surface area contributed by atoms with Gasteiger partial charge in [-0.1, -0.05) is 6.07 Å². The van der Waals surface area contributed by atoms with Crippen LogP contribution in [0.25, 0.3) is 0 Å². The van der Waals surface area contributed by atoms with E-state index in [4.69, 9.17) is 4.74 Å². The summed E-state index contributed by atoms with van der Waals surface area (Å²) < 4.78 is 54.0. The molecule has 0 aliphatic heterocycles. The molecule has 0 atom stereocenters. The van der Waals surface area contributed by atoms with Gasteiger partial charge in [0, 0.05) is 13.6 Å². The number of carbonyl (C=O) groups is 1. The molecular formula is C12H14F4N2O2. The maximum atomic E-state index is 13.4. The second kappa shape index (κ2) is 6.44. The molecule has 0 saturated heterocycles. The molecule has 0 fully saturated rings. The number of methoxy groups -OCH3 is 1. The number of alkyl halides is 3. The van der Waals surface area contributed by atoms with E-state index in [9.17, 15) is 22.4 Å². The van der Waals surface area contributed by atoms with Crippen LogP contribution in [0.2, 0.25) is 0 Å². The molecule has 0 unspecified atom stereocenters. The topological polar surface area (TPSA) is 41.6 Å². The van der Waals surface area contributed by atoms with Crippen LogP contribution >= 0.6 is 0 Å². The summed E-state index contributed by atoms with van der Waals surface area (Å²) in [5, 5.41) is 1.72. The highest BCUT2D eigenvalue weighted by atomic mass is 19.4. The Hall–Kier alpha value is -1.99. The molecule has 20 heavy (non-hydrogen) atoms. The van der Waals surface area contributed by atoms with Crippen molar-refractivity contribution in [2.24, 2.45) is 0 Å². The van der Waals surface area contributed by atoms with E-state index in [0.29, 0.717) is 5.56 Å². The minimum Gasteiger partial charge on any atom is -0.494 e. The van der Waals surface area contributed by atoms with Crippen LogP contribution in [0.15, 0.2) is 18.2 Å². The first-order valence-corrected chi connectivity index (χ1v) is 5.61. The van der Waals surface area contributed by atoms with Crippen molar-refractivity contribution in [1.82, 2.24) is 10.2 Å². The molecule has 1 rings (SSSR count). The second-order valence-electron chi connectivity index (χ2n) is 4.10. The smallest absolute Gasteiger partial charge is 0.405 e. The fourth-order valence-electron chi connectivity index (χ4n) is 1.46. The van der Waals surface area contributed by atoms with Crippen molar-refractivity contribution in [2.75, 3.05) is 20.7 Å². The van der Waals surface area contributed by atoms with Gasteiger partial charge >= 0.3 is 12.2 Å². The highest BCUT2D eigenvalue weighted by Gasteiger charge is 2.28. The molecule has 0 radical (unpaired) electrons. The van der Waals surface area contributed by atoms with E-state index in [1.807, 2.05) is 0 Å². The van der Waals surface area contributed by atoms with Crippen molar-refractivity contribution < 1.29 is 27.1 Å². The third kappa shape index (κ3) is 4.94. The maximum absolute atomic E-state index is 13.4. The fourth-order valence-corrected chi connectivity index (χ4v) is 1.46. The zero-order valence-corrected chi connectivity index (χ0v) is 10.9. The van der Waals surface area contributed by atoms with Crippen LogP contribution < -0.4 is 10.1 Å². The van der Waals surface area contributed by atoms with Gasteiger partial charge < -0.3 is 15.0 Å². The number of rotatable bonds is 4. The molecular weight excluding hydrogens is 280 g/mol. The highest BCUT2D eigenvalue weighted by molar-refractivity contribution is 5.73. The Bertz CT molecular complexity index is 477. The standard InChI is InChI=1S/C12H14F4N2O2/c1-18(11(19)17-7-12(14,15)16)6-8-3-4-10(20-2)9(13)5-8/h3-5H,6-7H2,1-2H3,(H,17,19). The van der Waals surface area contributed by atoms with Crippen LogP contribution in [0.5, 0.6) is 5.75 Å². The lowest BCUT2D eigenvalue weighted by molar-refractivity contribution is -0.123. The minimum absolute atomic E-state index is 0.0232. The molecule has 2 amide bonds. The lowest BCUT2D eigenvalue weighted by atomic mass is 10.2. The first-order chi connectivity index (χ1) is 9.23. The van der Waals surface area contributed by atoms with Gasteiger partial charge in [-0.2, -0.15) is 13.2 Å². The Kier molecular flexibility index (Phi) is 5.18. The summed E-state index contributed by atoms with van der Waals surface area (Å²) in [6.07, 6.45) is -4.47. The van der Waals surface area contributed by atoms with Crippen LogP contribution in [-0.4, -0.2) is 37.8 Å². The number of amides is 2. The van der Waals surface area contributed by atoms with E-state index < -0.39 is 24.6 Å². The number of ether oxygens (including phenoxy) is 1. The van der Waals surface area contributed by atoms with Crippen molar-refractivity contribution in [1.29, 1.82) is 0 Å². The summed E-state index contributed by atoms with van der Waals surface area (Å²) in [5.41, 5.74) is 0.438. The third-order valence-electron chi connectivity index (χ3n) is 2.42. The lowest BCUT2D eigenvalue weighted by Crippen LogP contribution is -2.41. The molecule has 1 N–H and O–H groups in total. The Morgan fingerprint density at radius 3 is 2.55 bits per heavy atom. The summed E-state index contributed by atoms with van der Waals surface area (Å²) in [6.45, 7) is -1.43. The number of nitrogens with zero attached hydrogens (tertiary/aromatic N) is 1. The van der Waals surface area contributed by atoms with E-state index in [1.54, 1.807) is 5.32 Å². The van der Waals surface area contributed by atoms with E-state index in [1.165, 1.54) is 26.3 Å². The van der Waals surface area contributed by atoms with Crippen LogP contribution in [0.4, 0.5) is 22.4 Å². The first-order valence-electron chi connectivity index (χ1n) is 5.61. The van der Waals surface area contributed by atoms with E-state index >= 15 is 0 Å². The van der Waals surface area contributed by atoms with Crippen LogP contribution in [-0.2, 0) is 6.54 Å². The third-order valence-corrected chi connectivity index (χ3v) is 2.42. The largest absolute Gasteiger partial charge is 0.494 e. The molecule has 8 heteroatoms. The van der Waals surface area contributed by atoms with Gasteiger partial charge in [0.15, 0.2) is 11.6 Å². The molecule has 0 saturated carbocycles. The van der Waals surface area contributed by atoms with Crippen molar-refractivity contribution in [3.05, 3.63) is 29.6 Å². The SMILES string of the molecule is COc1ccc(CN(C)C(=O)NCC(F)(F)F)cc1F. The fraction of sp³-hybridized carbons (Fsp3) is 0.417. The lowest BCUT2D eigenvalue weighted by Gasteiger charge is -2.19. The molecule has 0 heterocycles. The quantitative estimate of drug-likeness (QED) is 0.867. The Morgan fingerprint density at radius 1 is 1.40 bits per heavy atom. The second-order valence-corrected chi connectivity index (χ2v) is 4.10. The normalized spacial score (nSPS) is 11.1. The van der Waals surface area contributed by atoms with Crippen molar-refractivity contribution in [3.63, 3.8) is 0 Å². The Balaban J connectivity index is 2.59. The summed E-state index contributed by atoms with van der Waals surface area (Å²) >= 11 is 0. The molecule has 0 bridgehead atoms. The maximum Gasteiger partial charge on any atom is 0.405 e. The number of urea groups is 1. The number of hydrogen-bond acceptors (Lipinski definition) is 2. The van der Waals surface area contributed by atoms with Gasteiger partial charge in [0.25, 0.3) is 0 Å². The van der Waals surface area contributed by atoms with Gasteiger partial charge in [-0.3, -0.25) is 0 Å². The van der Waals surface area contributed by atoms with E-state index in [2.05, 4.69) is 0 Å². The molecule has 1 aromatic carbocycles. The predicted octanol–water partition coefficient (Wildman–Crippen LogP) is 2.54. The minimum atomic E-state index is -4.47. The molecule has 0 aromatic heterocycles. The van der Waals surface area contributed by atoms with Gasteiger partial charge in [-0.05, 0) is 17.7 Å². The van der Waals surface area contributed by atoms with E-state index in [-0.39, 0.29) is 12.3 Å². The monoisotopic (exact) mass is 294 g/mol. The Labute approximate surface area is 113 Å². The first kappa shape index (κ1) is 16.1. The molecule has 112 valence electrons. The Morgan fingerprint density at radius 2 is 2.05 bits per heavy atom. The summed E-state index contributed by atoms with van der Waals surface area (Å²) in [4.78, 5) is 12.4. The average Bonchev–Trinajstić information content (AvgIpc) is 2.35. The van der Waals surface area contributed by atoms with Crippen molar-refractivity contribution >= 4 is 6.03 Å². The van der Waals surface area contributed by atoms with Crippen molar-refractivity contribution in [2.45, 2.75) is 12.7 Å². The van der Waals surface area contributed by atoms with E-state index in [0.717, 1.165) is 11.0 Å². The van der Waals surface area contributed by atoms with Crippen LogP contribution in [0.1, 0.15) is 5.56 Å². The number of hydrogen-bond donors (Lipinski definition) is 1. The molecule has 0 spiro atoms. The van der Waals surface area contributed by atoms with Crippen LogP contribution in [0.3, 0.4) is 0 Å². The predicted molar refractivity (Wildman–Crippen MR) is 63.9 cm³/mol. The summed E-state index contributed by atoms with van der Waals surface area (Å²) in [7, 11) is 2.63. The number of benzene rings is 1. The van der Waals surface area contributed by atoms with Gasteiger partial charge in [0.05, 0.1) is 7.11 Å². The average molecular weight is 294 g/mol. The van der Waals surface area contributed by atoms with Gasteiger partial charge in [-0.15, -0.1) is 0 Å². The number of nitrogens with one attached hydrogen (secondary N) is 1. The molecule has 0 aliphatic rings. The van der Waals surface area contributed by atoms with Crippen molar-refractivity contribution in [3.8, 4) is 5.75 Å². The molecule has 1 aromatic rings. The zero-order chi connectivity index (χ0) is 15.3. The van der Waals surface area contributed by atoms with Gasteiger partial charge in [0.2, 0.25) is 0 Å². The molecule has 0 aliphatic carbocycles. The summed E-state index contributed by atoms with van der Waals surface area (Å²) in [5.74, 6) is -0.549. The van der Waals surface area contributed by atoms with Crippen LogP contribution in [0, 0.1) is 5.82 Å². The highest BCUT2D eigenvalue weighted by Crippen LogP contribution is 2.18.